The van der Waals surface area contributed by atoms with Crippen LogP contribution in [0.2, 0.25) is 0 Å². The molecule has 1 fully saturated rings. The summed E-state index contributed by atoms with van der Waals surface area (Å²) in [6.07, 6.45) is 1.83. The van der Waals surface area contributed by atoms with E-state index < -0.39 is 0 Å². The van der Waals surface area contributed by atoms with Crippen LogP contribution in [0.15, 0.2) is 24.4 Å². The van der Waals surface area contributed by atoms with Gasteiger partial charge in [0.05, 0.1) is 0 Å². The van der Waals surface area contributed by atoms with Gasteiger partial charge in [-0.2, -0.15) is 9.36 Å². The molecule has 0 aliphatic carbocycles. The molecule has 7 heteroatoms. The third-order valence-corrected chi connectivity index (χ3v) is 3.75. The first kappa shape index (κ1) is 11.2. The van der Waals surface area contributed by atoms with Gasteiger partial charge in [0.2, 0.25) is 11.1 Å². The van der Waals surface area contributed by atoms with Crippen molar-refractivity contribution in [1.29, 1.82) is 0 Å². The summed E-state index contributed by atoms with van der Waals surface area (Å²) in [5.74, 6) is 1.40. The molecule has 2 aromatic rings. The number of piperazine rings is 1. The molecule has 18 heavy (non-hydrogen) atoms. The first-order valence-electron chi connectivity index (χ1n) is 5.83. The Kier molecular flexibility index (Phi) is 2.97. The molecule has 0 unspecified atom stereocenters. The molecule has 0 saturated carbocycles. The van der Waals surface area contributed by atoms with Crippen LogP contribution in [-0.2, 0) is 0 Å². The zero-order valence-corrected chi connectivity index (χ0v) is 10.7. The first-order valence-corrected chi connectivity index (χ1v) is 6.60. The van der Waals surface area contributed by atoms with Crippen LogP contribution in [0, 0.1) is 0 Å². The number of hydrogen-bond acceptors (Lipinski definition) is 7. The van der Waals surface area contributed by atoms with Gasteiger partial charge in [-0.25, -0.2) is 4.98 Å². The van der Waals surface area contributed by atoms with Crippen LogP contribution in [-0.4, -0.2) is 40.5 Å². The molecule has 2 N–H and O–H groups in total. The average molecular weight is 262 g/mol. The van der Waals surface area contributed by atoms with E-state index >= 15 is 0 Å². The highest BCUT2D eigenvalue weighted by Crippen LogP contribution is 2.21. The van der Waals surface area contributed by atoms with Gasteiger partial charge in [0.15, 0.2) is 0 Å². The highest BCUT2D eigenvalue weighted by Gasteiger charge is 2.20. The lowest BCUT2D eigenvalue weighted by Gasteiger charge is -2.34. The fourth-order valence-electron chi connectivity index (χ4n) is 2.02. The predicted molar refractivity (Wildman–Crippen MR) is 73.0 cm³/mol. The van der Waals surface area contributed by atoms with Crippen molar-refractivity contribution < 1.29 is 0 Å². The van der Waals surface area contributed by atoms with Crippen molar-refractivity contribution in [1.82, 2.24) is 14.3 Å². The second-order valence-corrected chi connectivity index (χ2v) is 4.83. The number of nitrogens with two attached hydrogens (primary N) is 1. The van der Waals surface area contributed by atoms with Crippen LogP contribution in [0.4, 0.5) is 16.9 Å². The fraction of sp³-hybridized carbons (Fsp3) is 0.364. The quantitative estimate of drug-likeness (QED) is 0.865. The lowest BCUT2D eigenvalue weighted by molar-refractivity contribution is 0.646. The molecule has 2 aromatic heterocycles. The van der Waals surface area contributed by atoms with E-state index in [1.54, 1.807) is 0 Å². The maximum atomic E-state index is 5.54. The van der Waals surface area contributed by atoms with E-state index in [4.69, 9.17) is 5.73 Å². The van der Waals surface area contributed by atoms with E-state index in [0.717, 1.165) is 37.1 Å². The van der Waals surface area contributed by atoms with Crippen LogP contribution in [0.5, 0.6) is 0 Å². The van der Waals surface area contributed by atoms with Gasteiger partial charge in [-0.15, -0.1) is 0 Å². The predicted octanol–water partition coefficient (Wildman–Crippen LogP) is 0.842. The van der Waals surface area contributed by atoms with Crippen LogP contribution in [0.1, 0.15) is 0 Å². The summed E-state index contributed by atoms with van der Waals surface area (Å²) >= 11 is 1.36. The Morgan fingerprint density at radius 2 is 1.89 bits per heavy atom. The van der Waals surface area contributed by atoms with E-state index in [9.17, 15) is 0 Å². The summed E-state index contributed by atoms with van der Waals surface area (Å²) < 4.78 is 4.01. The largest absolute Gasteiger partial charge is 0.367 e. The molecular formula is C11H14N6S. The number of hydrogen-bond donors (Lipinski definition) is 1. The molecule has 0 bridgehead atoms. The number of nitrogen functional groups attached to an aromatic ring is 1. The molecule has 94 valence electrons. The number of pyridine rings is 1. The molecule has 3 rings (SSSR count). The lowest BCUT2D eigenvalue weighted by Crippen LogP contribution is -2.46. The summed E-state index contributed by atoms with van der Waals surface area (Å²) in [4.78, 5) is 13.1. The van der Waals surface area contributed by atoms with Gasteiger partial charge in [0.1, 0.15) is 5.82 Å². The minimum Gasteiger partial charge on any atom is -0.367 e. The lowest BCUT2D eigenvalue weighted by atomic mass is 10.3. The van der Waals surface area contributed by atoms with E-state index in [1.165, 1.54) is 11.5 Å². The van der Waals surface area contributed by atoms with E-state index in [2.05, 4.69) is 24.1 Å². The Hall–Kier alpha value is -1.89. The van der Waals surface area contributed by atoms with Crippen LogP contribution >= 0.6 is 11.5 Å². The third-order valence-electron chi connectivity index (χ3n) is 2.95. The van der Waals surface area contributed by atoms with Crippen molar-refractivity contribution in [3.63, 3.8) is 0 Å². The molecule has 3 heterocycles. The summed E-state index contributed by atoms with van der Waals surface area (Å²) in [6.45, 7) is 3.73. The molecular weight excluding hydrogens is 248 g/mol. The number of rotatable bonds is 2. The van der Waals surface area contributed by atoms with Gasteiger partial charge in [-0.05, 0) is 12.1 Å². The van der Waals surface area contributed by atoms with E-state index in [1.807, 2.05) is 24.4 Å². The zero-order chi connectivity index (χ0) is 12.4. The molecule has 0 atom stereocenters. The molecule has 0 radical (unpaired) electrons. The van der Waals surface area contributed by atoms with Crippen molar-refractivity contribution in [2.75, 3.05) is 41.7 Å². The van der Waals surface area contributed by atoms with Gasteiger partial charge in [0.25, 0.3) is 0 Å². The van der Waals surface area contributed by atoms with Gasteiger partial charge in [-0.1, -0.05) is 6.07 Å². The number of nitrogens with zero attached hydrogens (tertiary/aromatic N) is 5. The maximum absolute atomic E-state index is 5.54. The highest BCUT2D eigenvalue weighted by atomic mass is 32.1. The standard InChI is InChI=1S/C11H14N6S/c12-10-14-11(18-15-10)17-7-5-16(6-8-17)9-3-1-2-4-13-9/h1-4H,5-8H2,(H2,12,15). The normalized spacial score (nSPS) is 16.0. The van der Waals surface area contributed by atoms with Crippen molar-refractivity contribution >= 4 is 28.4 Å². The average Bonchev–Trinajstić information content (AvgIpc) is 2.87. The Labute approximate surface area is 109 Å². The Morgan fingerprint density at radius 1 is 1.11 bits per heavy atom. The molecule has 1 aliphatic rings. The Bertz CT molecular complexity index is 505. The third kappa shape index (κ3) is 2.21. The maximum Gasteiger partial charge on any atom is 0.233 e. The number of aromatic nitrogens is 3. The molecule has 0 spiro atoms. The first-order chi connectivity index (χ1) is 8.83. The Morgan fingerprint density at radius 3 is 2.50 bits per heavy atom. The van der Waals surface area contributed by atoms with Gasteiger partial charge < -0.3 is 15.5 Å². The zero-order valence-electron chi connectivity index (χ0n) is 9.86. The molecule has 0 aromatic carbocycles. The van der Waals surface area contributed by atoms with Crippen molar-refractivity contribution in [2.45, 2.75) is 0 Å². The summed E-state index contributed by atoms with van der Waals surface area (Å²) in [7, 11) is 0. The minimum absolute atomic E-state index is 0.363. The molecule has 1 saturated heterocycles. The fourth-order valence-corrected chi connectivity index (χ4v) is 2.67. The molecule has 1 aliphatic heterocycles. The highest BCUT2D eigenvalue weighted by molar-refractivity contribution is 7.09. The molecule has 0 amide bonds. The van der Waals surface area contributed by atoms with Crippen LogP contribution in [0.3, 0.4) is 0 Å². The summed E-state index contributed by atoms with van der Waals surface area (Å²) in [5, 5.41) is 0.910. The van der Waals surface area contributed by atoms with Crippen LogP contribution < -0.4 is 15.5 Å². The van der Waals surface area contributed by atoms with Gasteiger partial charge >= 0.3 is 0 Å². The summed E-state index contributed by atoms with van der Waals surface area (Å²) in [6, 6.07) is 5.99. The molecule has 6 nitrogen and oxygen atoms in total. The van der Waals surface area contributed by atoms with E-state index in [0.29, 0.717) is 5.95 Å². The number of anilines is 3. The minimum atomic E-state index is 0.363. The van der Waals surface area contributed by atoms with Crippen molar-refractivity contribution in [3.05, 3.63) is 24.4 Å². The summed E-state index contributed by atoms with van der Waals surface area (Å²) in [5.41, 5.74) is 5.54. The van der Waals surface area contributed by atoms with Crippen LogP contribution in [0.25, 0.3) is 0 Å². The Balaban J connectivity index is 1.65. The van der Waals surface area contributed by atoms with Crippen molar-refractivity contribution in [2.24, 2.45) is 0 Å². The van der Waals surface area contributed by atoms with E-state index in [-0.39, 0.29) is 0 Å². The monoisotopic (exact) mass is 262 g/mol. The van der Waals surface area contributed by atoms with Gasteiger partial charge in [-0.3, -0.25) is 0 Å². The topological polar surface area (TPSA) is 71.2 Å². The van der Waals surface area contributed by atoms with Crippen molar-refractivity contribution in [3.8, 4) is 0 Å². The SMILES string of the molecule is Nc1nsc(N2CCN(c3ccccn3)CC2)n1. The smallest absolute Gasteiger partial charge is 0.233 e. The second-order valence-electron chi connectivity index (χ2n) is 4.10. The van der Waals surface area contributed by atoms with Gasteiger partial charge in [0, 0.05) is 43.9 Å². The second kappa shape index (κ2) is 4.77.